The van der Waals surface area contributed by atoms with E-state index in [4.69, 9.17) is 11.6 Å². The number of nitrogens with one attached hydrogen (secondary N) is 1. The lowest BCUT2D eigenvalue weighted by atomic mass is 9.87. The van der Waals surface area contributed by atoms with Crippen LogP contribution in [0.5, 0.6) is 0 Å². The molecule has 0 unspecified atom stereocenters. The topological polar surface area (TPSA) is 144 Å². The molecule has 1 aliphatic carbocycles. The lowest BCUT2D eigenvalue weighted by molar-refractivity contribution is -0.133. The number of rotatable bonds is 10. The van der Waals surface area contributed by atoms with Gasteiger partial charge in [-0.25, -0.2) is 26.5 Å². The zero-order valence-electron chi connectivity index (χ0n) is 25.4. The van der Waals surface area contributed by atoms with E-state index in [1.54, 1.807) is 12.1 Å². The molecule has 1 N–H and O–H groups in total. The minimum Gasteiger partial charge on any atom is -0.351 e. The van der Waals surface area contributed by atoms with Crippen molar-refractivity contribution in [1.82, 2.24) is 14.6 Å². The Morgan fingerprint density at radius 3 is 2.53 bits per heavy atom. The van der Waals surface area contributed by atoms with E-state index in [2.05, 4.69) is 10.3 Å². The third-order valence-corrected chi connectivity index (χ3v) is 10.3. The maximum Gasteiger partial charge on any atom is 0.252 e. The Bertz CT molecular complexity index is 1860. The molecule has 2 aromatic carbocycles. The average molecular weight is 685 g/mol. The molecule has 2 heterocycles. The number of benzene rings is 2. The first-order valence-electron chi connectivity index (χ1n) is 14.7. The summed E-state index contributed by atoms with van der Waals surface area (Å²) in [6.45, 7) is 0. The molecular formula is C32H31ClF2N6O5S. The molecule has 15 heteroatoms. The van der Waals surface area contributed by atoms with Crippen LogP contribution in [0.4, 0.5) is 20.3 Å². The second-order valence-electron chi connectivity index (χ2n) is 11.6. The number of carbonyl (C=O) groups is 3. The average Bonchev–Trinajstić information content (AvgIpc) is 3.38. The molecule has 3 aromatic rings. The molecule has 0 radical (unpaired) electrons. The van der Waals surface area contributed by atoms with Crippen molar-refractivity contribution in [3.05, 3.63) is 83.0 Å². The number of sulfonamides is 1. The van der Waals surface area contributed by atoms with E-state index < -0.39 is 58.7 Å². The number of carbonyl (C=O) groups excluding carboxylic acids is 3. The minimum absolute atomic E-state index is 0.0254. The molecule has 2 fully saturated rings. The fraction of sp³-hybridized carbons (Fsp3) is 0.344. The van der Waals surface area contributed by atoms with Gasteiger partial charge in [-0.2, -0.15) is 5.26 Å². The van der Waals surface area contributed by atoms with Crippen LogP contribution < -0.4 is 15.1 Å². The van der Waals surface area contributed by atoms with E-state index in [1.807, 2.05) is 6.07 Å². The molecule has 1 aliphatic heterocycles. The highest BCUT2D eigenvalue weighted by Gasteiger charge is 2.47. The first-order valence-corrected chi connectivity index (χ1v) is 16.5. The molecule has 246 valence electrons. The number of nitrogens with zero attached hydrogens (tertiary/aromatic N) is 5. The number of hydrogen-bond acceptors (Lipinski definition) is 7. The highest BCUT2D eigenvalue weighted by molar-refractivity contribution is 7.89. The normalized spacial score (nSPS) is 18.4. The van der Waals surface area contributed by atoms with E-state index in [1.165, 1.54) is 73.7 Å². The van der Waals surface area contributed by atoms with Crippen LogP contribution in [0.2, 0.25) is 5.02 Å². The summed E-state index contributed by atoms with van der Waals surface area (Å²) >= 11 is 6.57. The number of alkyl halides is 2. The number of amides is 3. The zero-order chi connectivity index (χ0) is 34.1. The van der Waals surface area contributed by atoms with Gasteiger partial charge in [0.25, 0.3) is 5.92 Å². The summed E-state index contributed by atoms with van der Waals surface area (Å²) in [5, 5.41) is 12.1. The monoisotopic (exact) mass is 684 g/mol. The van der Waals surface area contributed by atoms with Gasteiger partial charge in [-0.15, -0.1) is 0 Å². The second-order valence-corrected chi connectivity index (χ2v) is 14.2. The lowest BCUT2D eigenvalue weighted by Crippen LogP contribution is -2.54. The highest BCUT2D eigenvalue weighted by Crippen LogP contribution is 2.40. The van der Waals surface area contributed by atoms with Crippen molar-refractivity contribution in [3.63, 3.8) is 0 Å². The maximum atomic E-state index is 14.5. The van der Waals surface area contributed by atoms with Gasteiger partial charge in [0.05, 0.1) is 16.5 Å². The SMILES string of the molecule is CN(C)S(=O)(=O)c1cccc(N(C(=O)C[C@@H]2CCC(=O)N2c2cc(C#N)ccn2)[C@H](C(=O)NC2CC(F)(F)C2)c2ccccc2Cl)c1. The zero-order valence-corrected chi connectivity index (χ0v) is 27.0. The summed E-state index contributed by atoms with van der Waals surface area (Å²) in [6.07, 6.45) is 0.246. The third kappa shape index (κ3) is 7.12. The summed E-state index contributed by atoms with van der Waals surface area (Å²) < 4.78 is 54.7. The summed E-state index contributed by atoms with van der Waals surface area (Å²) in [5.41, 5.74) is 0.462. The molecule has 3 amide bonds. The predicted molar refractivity (Wildman–Crippen MR) is 169 cm³/mol. The van der Waals surface area contributed by atoms with Gasteiger partial charge in [-0.05, 0) is 42.8 Å². The molecule has 1 aromatic heterocycles. The van der Waals surface area contributed by atoms with Crippen LogP contribution in [0.15, 0.2) is 71.8 Å². The van der Waals surface area contributed by atoms with Gasteiger partial charge in [-0.3, -0.25) is 24.2 Å². The summed E-state index contributed by atoms with van der Waals surface area (Å²) in [6, 6.07) is 13.5. The van der Waals surface area contributed by atoms with Crippen LogP contribution in [0, 0.1) is 11.3 Å². The number of anilines is 2. The van der Waals surface area contributed by atoms with Crippen molar-refractivity contribution in [2.75, 3.05) is 23.9 Å². The molecule has 5 rings (SSSR count). The van der Waals surface area contributed by atoms with Gasteiger partial charge in [-0.1, -0.05) is 35.9 Å². The van der Waals surface area contributed by atoms with Crippen molar-refractivity contribution >= 4 is 50.9 Å². The quantitative estimate of drug-likeness (QED) is 0.333. The van der Waals surface area contributed by atoms with Crippen molar-refractivity contribution in [2.24, 2.45) is 0 Å². The number of halogens is 3. The Kier molecular flexibility index (Phi) is 9.63. The predicted octanol–water partition coefficient (Wildman–Crippen LogP) is 4.43. The molecule has 0 bridgehead atoms. The molecule has 1 saturated carbocycles. The van der Waals surface area contributed by atoms with Gasteiger partial charge in [0.15, 0.2) is 0 Å². The van der Waals surface area contributed by atoms with Crippen LogP contribution in [0.25, 0.3) is 0 Å². The van der Waals surface area contributed by atoms with Gasteiger partial charge in [0.1, 0.15) is 11.9 Å². The molecule has 11 nitrogen and oxygen atoms in total. The van der Waals surface area contributed by atoms with E-state index in [9.17, 15) is 36.8 Å². The molecule has 0 spiro atoms. The number of aromatic nitrogens is 1. The van der Waals surface area contributed by atoms with E-state index in [0.29, 0.717) is 0 Å². The fourth-order valence-corrected chi connectivity index (χ4v) is 6.93. The van der Waals surface area contributed by atoms with E-state index in [-0.39, 0.29) is 57.7 Å². The Hall–Kier alpha value is -4.45. The van der Waals surface area contributed by atoms with Crippen molar-refractivity contribution in [1.29, 1.82) is 5.26 Å². The Balaban J connectivity index is 1.60. The summed E-state index contributed by atoms with van der Waals surface area (Å²) in [7, 11) is -1.29. The highest BCUT2D eigenvalue weighted by atomic mass is 35.5. The molecular weight excluding hydrogens is 654 g/mol. The van der Waals surface area contributed by atoms with Crippen molar-refractivity contribution in [3.8, 4) is 6.07 Å². The standard InChI is InChI=1S/C32H31ClF2N6O5S/c1-39(2)47(45,46)24-7-5-6-22(15-24)41(29(43)16-23-10-11-28(42)40(23)27-14-20(19-36)12-13-37-27)30(25-8-3-4-9-26(25)33)31(44)38-21-17-32(34,35)18-21/h3-9,12-15,21,23,30H,10-11,16-18H2,1-2H3,(H,38,44)/t23-,30-/m0/s1. The second kappa shape index (κ2) is 13.3. The fourth-order valence-electron chi connectivity index (χ4n) is 5.75. The Labute approximate surface area is 275 Å². The van der Waals surface area contributed by atoms with Gasteiger partial charge in [0, 0.05) is 74.3 Å². The van der Waals surface area contributed by atoms with E-state index >= 15 is 0 Å². The third-order valence-electron chi connectivity index (χ3n) is 8.14. The van der Waals surface area contributed by atoms with Gasteiger partial charge in [0.2, 0.25) is 27.7 Å². The summed E-state index contributed by atoms with van der Waals surface area (Å²) in [4.78, 5) is 48.1. The van der Waals surface area contributed by atoms with Crippen LogP contribution in [0.3, 0.4) is 0 Å². The maximum absolute atomic E-state index is 14.5. The molecule has 2 aliphatic rings. The first-order chi connectivity index (χ1) is 22.2. The number of pyridine rings is 1. The van der Waals surface area contributed by atoms with Gasteiger partial charge >= 0.3 is 0 Å². The molecule has 47 heavy (non-hydrogen) atoms. The minimum atomic E-state index is -3.99. The van der Waals surface area contributed by atoms with Crippen molar-refractivity contribution in [2.45, 2.75) is 61.0 Å². The van der Waals surface area contributed by atoms with Crippen LogP contribution in [0.1, 0.15) is 49.3 Å². The Morgan fingerprint density at radius 1 is 1.15 bits per heavy atom. The smallest absolute Gasteiger partial charge is 0.252 e. The summed E-state index contributed by atoms with van der Waals surface area (Å²) in [5.74, 6) is -4.54. The van der Waals surface area contributed by atoms with Crippen molar-refractivity contribution < 1.29 is 31.6 Å². The largest absolute Gasteiger partial charge is 0.351 e. The number of hydrogen-bond donors (Lipinski definition) is 1. The molecule has 1 saturated heterocycles. The van der Waals surface area contributed by atoms with Crippen LogP contribution >= 0.6 is 11.6 Å². The van der Waals surface area contributed by atoms with Crippen LogP contribution in [-0.2, 0) is 24.4 Å². The molecule has 2 atom stereocenters. The first kappa shape index (κ1) is 33.9. The number of nitriles is 1. The van der Waals surface area contributed by atoms with Crippen LogP contribution in [-0.4, -0.2) is 67.5 Å². The van der Waals surface area contributed by atoms with E-state index in [0.717, 1.165) is 9.21 Å². The lowest BCUT2D eigenvalue weighted by Gasteiger charge is -2.38. The van der Waals surface area contributed by atoms with Gasteiger partial charge < -0.3 is 5.32 Å². The Morgan fingerprint density at radius 2 is 1.87 bits per heavy atom.